The second-order valence-electron chi connectivity index (χ2n) is 5.20. The summed E-state index contributed by atoms with van der Waals surface area (Å²) in [6, 6.07) is 0. The van der Waals surface area contributed by atoms with E-state index in [4.69, 9.17) is 0 Å². The van der Waals surface area contributed by atoms with E-state index in [2.05, 4.69) is 35.4 Å². The van der Waals surface area contributed by atoms with E-state index in [0.29, 0.717) is 0 Å². The molecule has 2 aliphatic rings. The zero-order valence-electron chi connectivity index (χ0n) is 9.37. The van der Waals surface area contributed by atoms with E-state index in [1.807, 2.05) is 0 Å². The Morgan fingerprint density at radius 3 is 1.50 bits per heavy atom. The van der Waals surface area contributed by atoms with E-state index in [9.17, 15) is 0 Å². The Kier molecular flexibility index (Phi) is 4.12. The third-order valence-corrected chi connectivity index (χ3v) is 6.41. The number of hydrogen-bond donors (Lipinski definition) is 0. The topological polar surface area (TPSA) is 0 Å². The van der Waals surface area contributed by atoms with Crippen LogP contribution in [0.5, 0.6) is 0 Å². The van der Waals surface area contributed by atoms with Gasteiger partial charge in [-0.1, -0.05) is 35.4 Å². The Morgan fingerprint density at radius 1 is 0.857 bits per heavy atom. The maximum atomic E-state index is 2.43. The molecule has 0 amide bonds. The first-order valence-electron chi connectivity index (χ1n) is 6.01. The molecule has 0 bridgehead atoms. The van der Waals surface area contributed by atoms with Crippen LogP contribution >= 0.6 is 21.6 Å². The predicted octanol–water partition coefficient (Wildman–Crippen LogP) is 4.46. The van der Waals surface area contributed by atoms with Crippen molar-refractivity contribution in [3.05, 3.63) is 0 Å². The van der Waals surface area contributed by atoms with Gasteiger partial charge in [0.05, 0.1) is 0 Å². The predicted molar refractivity (Wildman–Crippen MR) is 68.7 cm³/mol. The van der Waals surface area contributed by atoms with Crippen molar-refractivity contribution in [2.24, 2.45) is 23.7 Å². The number of hydrogen-bond acceptors (Lipinski definition) is 2. The third-order valence-electron chi connectivity index (χ3n) is 3.60. The molecular formula is C12H22S2. The quantitative estimate of drug-likeness (QED) is 0.468. The average Bonchev–Trinajstić information content (AvgIpc) is 3.06. The van der Waals surface area contributed by atoms with Gasteiger partial charge in [0, 0.05) is 11.5 Å². The van der Waals surface area contributed by atoms with Gasteiger partial charge in [-0.05, 0) is 49.4 Å². The smallest absolute Gasteiger partial charge is 0.00653 e. The molecule has 14 heavy (non-hydrogen) atoms. The van der Waals surface area contributed by atoms with Crippen LogP contribution in [-0.2, 0) is 0 Å². The summed E-state index contributed by atoms with van der Waals surface area (Å²) in [5, 5.41) is 0. The van der Waals surface area contributed by atoms with Crippen molar-refractivity contribution in [2.75, 3.05) is 11.5 Å². The van der Waals surface area contributed by atoms with Crippen LogP contribution in [0.1, 0.15) is 39.5 Å². The Balaban J connectivity index is 1.45. The molecule has 0 N–H and O–H groups in total. The van der Waals surface area contributed by atoms with Crippen LogP contribution in [0.15, 0.2) is 0 Å². The molecule has 0 spiro atoms. The van der Waals surface area contributed by atoms with Gasteiger partial charge in [0.1, 0.15) is 0 Å². The van der Waals surface area contributed by atoms with Crippen LogP contribution in [0.4, 0.5) is 0 Å². The van der Waals surface area contributed by atoms with Crippen LogP contribution in [-0.4, -0.2) is 11.5 Å². The van der Waals surface area contributed by atoms with Crippen molar-refractivity contribution < 1.29 is 0 Å². The molecule has 0 radical (unpaired) electrons. The third kappa shape index (κ3) is 3.69. The first-order valence-corrected chi connectivity index (χ1v) is 8.50. The van der Waals surface area contributed by atoms with Gasteiger partial charge >= 0.3 is 0 Å². The molecule has 2 rings (SSSR count). The lowest BCUT2D eigenvalue weighted by Crippen LogP contribution is -2.01. The maximum absolute atomic E-state index is 2.43. The van der Waals surface area contributed by atoms with E-state index in [-0.39, 0.29) is 0 Å². The molecule has 2 fully saturated rings. The Morgan fingerprint density at radius 2 is 1.21 bits per heavy atom. The minimum absolute atomic E-state index is 0.976. The number of rotatable bonds is 7. The van der Waals surface area contributed by atoms with Crippen molar-refractivity contribution in [1.29, 1.82) is 0 Å². The lowest BCUT2D eigenvalue weighted by molar-refractivity contribution is 0.572. The highest BCUT2D eigenvalue weighted by Gasteiger charge is 2.29. The zero-order chi connectivity index (χ0) is 9.97. The van der Waals surface area contributed by atoms with E-state index >= 15 is 0 Å². The first kappa shape index (κ1) is 11.2. The van der Waals surface area contributed by atoms with Gasteiger partial charge in [-0.3, -0.25) is 0 Å². The van der Waals surface area contributed by atoms with Crippen molar-refractivity contribution in [3.8, 4) is 0 Å². The van der Waals surface area contributed by atoms with E-state index in [0.717, 1.165) is 23.7 Å². The summed E-state index contributed by atoms with van der Waals surface area (Å²) >= 11 is 0. The standard InChI is InChI=1S/C12H22S2/c1-9(11-3-4-11)7-13-14-8-10(2)12-5-6-12/h9-12H,3-8H2,1-2H3. The fraction of sp³-hybridized carbons (Fsp3) is 1.00. The summed E-state index contributed by atoms with van der Waals surface area (Å²) in [7, 11) is 4.24. The molecular weight excluding hydrogens is 208 g/mol. The minimum Gasteiger partial charge on any atom is -0.0939 e. The van der Waals surface area contributed by atoms with Crippen LogP contribution in [0.2, 0.25) is 0 Å². The maximum Gasteiger partial charge on any atom is 0.00653 e. The highest BCUT2D eigenvalue weighted by Crippen LogP contribution is 2.42. The van der Waals surface area contributed by atoms with Gasteiger partial charge in [0.25, 0.3) is 0 Å². The molecule has 0 nitrogen and oxygen atoms in total. The molecule has 0 aromatic heterocycles. The molecule has 0 saturated heterocycles. The van der Waals surface area contributed by atoms with E-state index in [1.165, 1.54) is 37.2 Å². The lowest BCUT2D eigenvalue weighted by atomic mass is 10.1. The molecule has 0 aromatic carbocycles. The molecule has 0 heterocycles. The van der Waals surface area contributed by atoms with Crippen LogP contribution < -0.4 is 0 Å². The average molecular weight is 230 g/mol. The molecule has 2 saturated carbocycles. The molecule has 2 unspecified atom stereocenters. The fourth-order valence-corrected chi connectivity index (χ4v) is 4.94. The van der Waals surface area contributed by atoms with Crippen LogP contribution in [0.25, 0.3) is 0 Å². The Hall–Kier alpha value is 0.700. The second-order valence-corrected chi connectivity index (χ2v) is 7.75. The summed E-state index contributed by atoms with van der Waals surface area (Å²) in [4.78, 5) is 0. The van der Waals surface area contributed by atoms with Gasteiger partial charge in [-0.2, -0.15) is 0 Å². The van der Waals surface area contributed by atoms with E-state index < -0.39 is 0 Å². The van der Waals surface area contributed by atoms with Gasteiger partial charge in [-0.15, -0.1) is 0 Å². The Labute approximate surface area is 96.4 Å². The van der Waals surface area contributed by atoms with E-state index in [1.54, 1.807) is 0 Å². The van der Waals surface area contributed by atoms with Gasteiger partial charge in [0.15, 0.2) is 0 Å². The largest absolute Gasteiger partial charge is 0.0939 e. The van der Waals surface area contributed by atoms with Crippen molar-refractivity contribution in [2.45, 2.75) is 39.5 Å². The zero-order valence-corrected chi connectivity index (χ0v) is 11.0. The second kappa shape index (κ2) is 5.16. The van der Waals surface area contributed by atoms with Crippen molar-refractivity contribution >= 4 is 21.6 Å². The molecule has 0 aliphatic heterocycles. The monoisotopic (exact) mass is 230 g/mol. The summed E-state index contributed by atoms with van der Waals surface area (Å²) in [6.45, 7) is 4.85. The summed E-state index contributed by atoms with van der Waals surface area (Å²) in [5.41, 5.74) is 0. The first-order chi connectivity index (χ1) is 6.77. The normalized spacial score (nSPS) is 26.1. The van der Waals surface area contributed by atoms with Crippen molar-refractivity contribution in [3.63, 3.8) is 0 Å². The van der Waals surface area contributed by atoms with Gasteiger partial charge in [-0.25, -0.2) is 0 Å². The van der Waals surface area contributed by atoms with Gasteiger partial charge < -0.3 is 0 Å². The van der Waals surface area contributed by atoms with Crippen LogP contribution in [0, 0.1) is 23.7 Å². The summed E-state index contributed by atoms with van der Waals surface area (Å²) in [6.07, 6.45) is 6.02. The summed E-state index contributed by atoms with van der Waals surface area (Å²) < 4.78 is 0. The molecule has 2 aliphatic carbocycles. The summed E-state index contributed by atoms with van der Waals surface area (Å²) in [5.74, 6) is 6.89. The van der Waals surface area contributed by atoms with Gasteiger partial charge in [0.2, 0.25) is 0 Å². The fourth-order valence-electron chi connectivity index (χ4n) is 1.91. The minimum atomic E-state index is 0.976. The SMILES string of the molecule is CC(CSSCC(C)C1CC1)C1CC1. The molecule has 82 valence electrons. The molecule has 2 atom stereocenters. The molecule has 2 heteroatoms. The van der Waals surface area contributed by atoms with Crippen molar-refractivity contribution in [1.82, 2.24) is 0 Å². The molecule has 0 aromatic rings. The van der Waals surface area contributed by atoms with Crippen LogP contribution in [0.3, 0.4) is 0 Å². The lowest BCUT2D eigenvalue weighted by Gasteiger charge is -2.11. The highest BCUT2D eigenvalue weighted by molar-refractivity contribution is 8.76. The highest BCUT2D eigenvalue weighted by atomic mass is 33.1. The Bertz CT molecular complexity index is 153.